The van der Waals surface area contributed by atoms with Gasteiger partial charge < -0.3 is 14.2 Å². The number of rotatable bonds is 7. The minimum Gasteiger partial charge on any atom is -0.469 e. The Kier molecular flexibility index (Phi) is 6.62. The molecule has 0 radical (unpaired) electrons. The number of aromatic nitrogens is 1. The van der Waals surface area contributed by atoms with Crippen molar-refractivity contribution in [3.8, 4) is 0 Å². The van der Waals surface area contributed by atoms with Crippen molar-refractivity contribution < 1.29 is 14.3 Å². The van der Waals surface area contributed by atoms with E-state index in [1.54, 1.807) is 0 Å². The maximum atomic E-state index is 12.8. The third kappa shape index (κ3) is 4.62. The van der Waals surface area contributed by atoms with Crippen LogP contribution in [0.5, 0.6) is 0 Å². The lowest BCUT2D eigenvalue weighted by atomic mass is 10.0. The van der Waals surface area contributed by atoms with Gasteiger partial charge in [0, 0.05) is 47.6 Å². The molecule has 0 aliphatic carbocycles. The van der Waals surface area contributed by atoms with Crippen LogP contribution < -0.4 is 0 Å². The minimum absolute atomic E-state index is 0.144. The van der Waals surface area contributed by atoms with E-state index < -0.39 is 0 Å². The third-order valence-corrected chi connectivity index (χ3v) is 6.42. The van der Waals surface area contributed by atoms with Gasteiger partial charge in [-0.25, -0.2) is 0 Å². The molecule has 0 spiro atoms. The predicted octanol–water partition coefficient (Wildman–Crippen LogP) is 4.96. The highest BCUT2D eigenvalue weighted by molar-refractivity contribution is 6.31. The monoisotopic (exact) mass is 438 g/mol. The molecule has 1 aliphatic heterocycles. The van der Waals surface area contributed by atoms with Gasteiger partial charge in [0.2, 0.25) is 5.91 Å². The van der Waals surface area contributed by atoms with Crippen LogP contribution >= 0.6 is 11.6 Å². The second-order valence-electron chi connectivity index (χ2n) is 7.97. The first-order valence-corrected chi connectivity index (χ1v) is 11.1. The van der Waals surface area contributed by atoms with Crippen molar-refractivity contribution in [2.45, 2.75) is 45.2 Å². The van der Waals surface area contributed by atoms with E-state index in [0.29, 0.717) is 38.8 Å². The van der Waals surface area contributed by atoms with Gasteiger partial charge in [-0.1, -0.05) is 48.0 Å². The number of halogens is 1. The van der Waals surface area contributed by atoms with Gasteiger partial charge in [0.1, 0.15) is 0 Å². The topological polar surface area (TPSA) is 51.5 Å². The van der Waals surface area contributed by atoms with E-state index >= 15 is 0 Å². The molecule has 3 aromatic rings. The smallest absolute Gasteiger partial charge is 0.305 e. The Morgan fingerprint density at radius 2 is 1.77 bits per heavy atom. The van der Waals surface area contributed by atoms with Gasteiger partial charge in [0.15, 0.2) is 0 Å². The molecule has 0 unspecified atom stereocenters. The molecule has 0 atom stereocenters. The number of methoxy groups -OCH3 is 1. The van der Waals surface area contributed by atoms with Crippen molar-refractivity contribution in [2.24, 2.45) is 0 Å². The largest absolute Gasteiger partial charge is 0.469 e. The molecule has 6 heteroatoms. The molecule has 0 saturated carbocycles. The highest BCUT2D eigenvalue weighted by atomic mass is 35.5. The normalized spacial score (nSPS) is 13.3. The number of hydrogen-bond acceptors (Lipinski definition) is 3. The number of benzene rings is 2. The van der Waals surface area contributed by atoms with E-state index in [-0.39, 0.29) is 11.9 Å². The first-order valence-electron chi connectivity index (χ1n) is 10.8. The van der Waals surface area contributed by atoms with Crippen LogP contribution in [0.1, 0.15) is 42.5 Å². The van der Waals surface area contributed by atoms with Gasteiger partial charge in [0.25, 0.3) is 0 Å². The molecule has 1 aliphatic rings. The zero-order valence-electron chi connectivity index (χ0n) is 17.8. The molecule has 0 N–H and O–H groups in total. The Morgan fingerprint density at radius 1 is 1.03 bits per heavy atom. The van der Waals surface area contributed by atoms with Crippen LogP contribution in [0, 0.1) is 0 Å². The van der Waals surface area contributed by atoms with Crippen LogP contribution in [-0.4, -0.2) is 35.0 Å². The summed E-state index contributed by atoms with van der Waals surface area (Å²) in [6.07, 6.45) is 3.03. The van der Waals surface area contributed by atoms with Crippen molar-refractivity contribution in [3.63, 3.8) is 0 Å². The summed E-state index contributed by atoms with van der Waals surface area (Å²) in [6, 6.07) is 16.3. The number of fused-ring (bicyclic) bond motifs is 3. The molecule has 0 bridgehead atoms. The van der Waals surface area contributed by atoms with Crippen molar-refractivity contribution >= 4 is 34.4 Å². The van der Waals surface area contributed by atoms with Crippen LogP contribution in [-0.2, 0) is 33.8 Å². The Bertz CT molecular complexity index is 1110. The Balaban J connectivity index is 1.54. The van der Waals surface area contributed by atoms with Crippen LogP contribution in [0.15, 0.2) is 48.5 Å². The molecule has 2 aromatic carbocycles. The fourth-order valence-electron chi connectivity index (χ4n) is 4.39. The summed E-state index contributed by atoms with van der Waals surface area (Å²) in [7, 11) is 1.39. The average Bonchev–Trinajstić information content (AvgIpc) is 3.11. The van der Waals surface area contributed by atoms with E-state index in [2.05, 4.69) is 39.6 Å². The van der Waals surface area contributed by atoms with Gasteiger partial charge >= 0.3 is 5.97 Å². The van der Waals surface area contributed by atoms with Crippen LogP contribution in [0.2, 0.25) is 5.02 Å². The SMILES string of the molecule is COC(=O)CCCCC(=O)N1CCc2c(n(Cc3ccccc3Cl)c3ccccc23)C1. The minimum atomic E-state index is -0.223. The fraction of sp³-hybridized carbons (Fsp3) is 0.360. The number of carbonyl (C=O) groups is 2. The third-order valence-electron chi connectivity index (χ3n) is 6.05. The summed E-state index contributed by atoms with van der Waals surface area (Å²) in [5, 5.41) is 2.01. The van der Waals surface area contributed by atoms with E-state index in [1.807, 2.05) is 23.1 Å². The Morgan fingerprint density at radius 3 is 2.58 bits per heavy atom. The second-order valence-corrected chi connectivity index (χ2v) is 8.38. The Hall–Kier alpha value is -2.79. The van der Waals surface area contributed by atoms with Gasteiger partial charge in [0.05, 0.1) is 13.7 Å². The van der Waals surface area contributed by atoms with Gasteiger partial charge in [-0.05, 0) is 42.5 Å². The summed E-state index contributed by atoms with van der Waals surface area (Å²) in [4.78, 5) is 26.0. The first-order chi connectivity index (χ1) is 15.1. The van der Waals surface area contributed by atoms with Crippen molar-refractivity contribution in [1.82, 2.24) is 9.47 Å². The van der Waals surface area contributed by atoms with E-state index in [4.69, 9.17) is 11.6 Å². The summed E-state index contributed by atoms with van der Waals surface area (Å²) in [5.41, 5.74) is 4.77. The van der Waals surface area contributed by atoms with Crippen molar-refractivity contribution in [3.05, 3.63) is 70.4 Å². The molecule has 0 saturated heterocycles. The maximum Gasteiger partial charge on any atom is 0.305 e. The standard InChI is InChI=1S/C25H27ClN2O3/c1-31-25(30)13-7-6-12-24(29)27-15-14-20-19-9-3-5-11-22(19)28(23(20)17-27)16-18-8-2-4-10-21(18)26/h2-5,8-11H,6-7,12-17H2,1H3. The number of hydrogen-bond donors (Lipinski definition) is 0. The molecule has 0 fully saturated rings. The molecule has 4 rings (SSSR count). The molecular formula is C25H27ClN2O3. The number of esters is 1. The second kappa shape index (κ2) is 9.56. The number of ether oxygens (including phenoxy) is 1. The van der Waals surface area contributed by atoms with Gasteiger partial charge in [-0.2, -0.15) is 0 Å². The predicted molar refractivity (Wildman–Crippen MR) is 122 cm³/mol. The highest BCUT2D eigenvalue weighted by Gasteiger charge is 2.26. The number of unbranched alkanes of at least 4 members (excludes halogenated alkanes) is 1. The molecule has 31 heavy (non-hydrogen) atoms. The van der Waals surface area contributed by atoms with E-state index in [9.17, 15) is 9.59 Å². The van der Waals surface area contributed by atoms with Crippen LogP contribution in [0.4, 0.5) is 0 Å². The van der Waals surface area contributed by atoms with E-state index in [0.717, 1.165) is 23.6 Å². The summed E-state index contributed by atoms with van der Waals surface area (Å²) < 4.78 is 6.97. The van der Waals surface area contributed by atoms with Crippen LogP contribution in [0.25, 0.3) is 10.9 Å². The molecule has 1 aromatic heterocycles. The number of para-hydroxylation sites is 1. The fourth-order valence-corrected chi connectivity index (χ4v) is 4.59. The van der Waals surface area contributed by atoms with Crippen molar-refractivity contribution in [2.75, 3.05) is 13.7 Å². The zero-order chi connectivity index (χ0) is 21.8. The summed E-state index contributed by atoms with van der Waals surface area (Å²) >= 11 is 6.45. The molecule has 2 heterocycles. The molecule has 1 amide bonds. The number of nitrogens with zero attached hydrogens (tertiary/aromatic N) is 2. The van der Waals surface area contributed by atoms with Gasteiger partial charge in [-0.15, -0.1) is 0 Å². The highest BCUT2D eigenvalue weighted by Crippen LogP contribution is 2.32. The quantitative estimate of drug-likeness (QED) is 0.387. The number of amides is 1. The Labute approximate surface area is 187 Å². The molecule has 162 valence electrons. The lowest BCUT2D eigenvalue weighted by Gasteiger charge is -2.29. The van der Waals surface area contributed by atoms with E-state index in [1.165, 1.54) is 29.3 Å². The summed E-state index contributed by atoms with van der Waals surface area (Å²) in [5.74, 6) is -0.0794. The maximum absolute atomic E-state index is 12.8. The van der Waals surface area contributed by atoms with Gasteiger partial charge in [-0.3, -0.25) is 9.59 Å². The molecule has 5 nitrogen and oxygen atoms in total. The zero-order valence-corrected chi connectivity index (χ0v) is 18.5. The van der Waals surface area contributed by atoms with Crippen LogP contribution in [0.3, 0.4) is 0 Å². The summed E-state index contributed by atoms with van der Waals surface area (Å²) in [6.45, 7) is 2.00. The van der Waals surface area contributed by atoms with Crippen molar-refractivity contribution in [1.29, 1.82) is 0 Å². The average molecular weight is 439 g/mol. The first kappa shape index (κ1) is 21.4. The lowest BCUT2D eigenvalue weighted by Crippen LogP contribution is -2.36. The number of carbonyl (C=O) groups excluding carboxylic acids is 2. The lowest BCUT2D eigenvalue weighted by molar-refractivity contribution is -0.141. The molecular weight excluding hydrogens is 412 g/mol.